The lowest BCUT2D eigenvalue weighted by Crippen LogP contribution is -2.34. The van der Waals surface area contributed by atoms with Gasteiger partial charge in [0.05, 0.1) is 25.4 Å². The molecule has 100 valence electrons. The molecular formula is C11H16N2O5. The molecule has 1 aliphatic rings. The molecule has 0 amide bonds. The van der Waals surface area contributed by atoms with Gasteiger partial charge in [-0.25, -0.2) is 4.79 Å². The Morgan fingerprint density at radius 2 is 2.33 bits per heavy atom. The monoisotopic (exact) mass is 256 g/mol. The van der Waals surface area contributed by atoms with Crippen molar-refractivity contribution < 1.29 is 14.9 Å². The van der Waals surface area contributed by atoms with Crippen LogP contribution in [0.2, 0.25) is 0 Å². The van der Waals surface area contributed by atoms with Crippen molar-refractivity contribution in [3.8, 4) is 0 Å². The number of rotatable bonds is 3. The van der Waals surface area contributed by atoms with Gasteiger partial charge in [-0.2, -0.15) is 0 Å². The fourth-order valence-corrected chi connectivity index (χ4v) is 2.08. The highest BCUT2D eigenvalue weighted by molar-refractivity contribution is 5.02. The van der Waals surface area contributed by atoms with Gasteiger partial charge < -0.3 is 14.9 Å². The molecule has 0 unspecified atom stereocenters. The third-order valence-corrected chi connectivity index (χ3v) is 3.16. The Morgan fingerprint density at radius 3 is 3.00 bits per heavy atom. The van der Waals surface area contributed by atoms with E-state index >= 15 is 0 Å². The number of nitrogens with one attached hydrogen (secondary N) is 1. The normalized spacial score (nSPS) is 25.3. The van der Waals surface area contributed by atoms with Crippen LogP contribution in [0.1, 0.15) is 18.0 Å². The Morgan fingerprint density at radius 1 is 1.61 bits per heavy atom. The number of hydrogen-bond donors (Lipinski definition) is 3. The lowest BCUT2D eigenvalue weighted by molar-refractivity contribution is -0.0285. The standard InChI is InChI=1S/C11H16N2O5/c1-6-3-13(11(17)12-10(6)16)7-2-9(18-5-7)8(15)4-14/h3,7-9,14-15H,2,4-5H2,1H3,(H,12,16,17)/t7-,8+,9-/m0/s1. The van der Waals surface area contributed by atoms with Crippen molar-refractivity contribution in [1.82, 2.24) is 9.55 Å². The largest absolute Gasteiger partial charge is 0.394 e. The summed E-state index contributed by atoms with van der Waals surface area (Å²) in [5, 5.41) is 18.3. The summed E-state index contributed by atoms with van der Waals surface area (Å²) in [7, 11) is 0. The van der Waals surface area contributed by atoms with Crippen LogP contribution in [0, 0.1) is 6.92 Å². The molecule has 1 aliphatic heterocycles. The van der Waals surface area contributed by atoms with Crippen molar-refractivity contribution in [2.24, 2.45) is 0 Å². The third kappa shape index (κ3) is 2.38. The summed E-state index contributed by atoms with van der Waals surface area (Å²) >= 11 is 0. The van der Waals surface area contributed by atoms with Crippen LogP contribution in [0.5, 0.6) is 0 Å². The first-order valence-electron chi connectivity index (χ1n) is 5.75. The molecule has 0 bridgehead atoms. The number of aliphatic hydroxyl groups excluding tert-OH is 2. The minimum absolute atomic E-state index is 0.237. The molecule has 1 saturated heterocycles. The second-order valence-corrected chi connectivity index (χ2v) is 4.49. The smallest absolute Gasteiger partial charge is 0.328 e. The number of nitrogens with zero attached hydrogens (tertiary/aromatic N) is 1. The summed E-state index contributed by atoms with van der Waals surface area (Å²) in [5.41, 5.74) is -0.443. The zero-order valence-electron chi connectivity index (χ0n) is 10.00. The number of aliphatic hydroxyl groups is 2. The van der Waals surface area contributed by atoms with E-state index in [9.17, 15) is 14.7 Å². The molecule has 1 aromatic rings. The van der Waals surface area contributed by atoms with E-state index in [1.165, 1.54) is 10.8 Å². The molecule has 0 radical (unpaired) electrons. The van der Waals surface area contributed by atoms with Gasteiger partial charge in [-0.3, -0.25) is 14.3 Å². The highest BCUT2D eigenvalue weighted by Gasteiger charge is 2.32. The summed E-state index contributed by atoms with van der Waals surface area (Å²) < 4.78 is 6.74. The molecule has 0 aliphatic carbocycles. The number of hydrogen-bond acceptors (Lipinski definition) is 5. The van der Waals surface area contributed by atoms with E-state index in [0.717, 1.165) is 0 Å². The Balaban J connectivity index is 2.22. The number of aromatic amines is 1. The molecule has 7 heteroatoms. The molecule has 3 N–H and O–H groups in total. The van der Waals surface area contributed by atoms with Crippen molar-refractivity contribution in [2.45, 2.75) is 31.6 Å². The fraction of sp³-hybridized carbons (Fsp3) is 0.636. The van der Waals surface area contributed by atoms with Crippen molar-refractivity contribution in [2.75, 3.05) is 13.2 Å². The maximum absolute atomic E-state index is 11.7. The van der Waals surface area contributed by atoms with Gasteiger partial charge in [0.15, 0.2) is 0 Å². The maximum Gasteiger partial charge on any atom is 0.328 e. The fourth-order valence-electron chi connectivity index (χ4n) is 2.08. The molecule has 0 aromatic carbocycles. The molecule has 7 nitrogen and oxygen atoms in total. The molecule has 18 heavy (non-hydrogen) atoms. The van der Waals surface area contributed by atoms with Crippen LogP contribution < -0.4 is 11.2 Å². The molecular weight excluding hydrogens is 240 g/mol. The minimum atomic E-state index is -0.949. The van der Waals surface area contributed by atoms with Gasteiger partial charge in [0.25, 0.3) is 5.56 Å². The summed E-state index contributed by atoms with van der Waals surface area (Å²) in [6, 6.07) is -0.237. The molecule has 2 heterocycles. The summed E-state index contributed by atoms with van der Waals surface area (Å²) in [5.74, 6) is 0. The Kier molecular flexibility index (Phi) is 3.65. The zero-order valence-corrected chi connectivity index (χ0v) is 10.00. The van der Waals surface area contributed by atoms with E-state index in [-0.39, 0.29) is 19.3 Å². The third-order valence-electron chi connectivity index (χ3n) is 3.16. The van der Waals surface area contributed by atoms with Crippen LogP contribution in [0.4, 0.5) is 0 Å². The topological polar surface area (TPSA) is 105 Å². The Hall–Kier alpha value is -1.44. The maximum atomic E-state index is 11.7. The van der Waals surface area contributed by atoms with E-state index in [4.69, 9.17) is 9.84 Å². The van der Waals surface area contributed by atoms with Gasteiger partial charge in [0.2, 0.25) is 0 Å². The quantitative estimate of drug-likeness (QED) is 0.612. The number of aryl methyl sites for hydroxylation is 1. The molecule has 0 spiro atoms. The SMILES string of the molecule is Cc1cn([C@@H]2CO[C@H]([C@H](O)CO)C2)c(=O)[nH]c1=O. The zero-order chi connectivity index (χ0) is 13.3. The lowest BCUT2D eigenvalue weighted by atomic mass is 10.1. The Bertz CT molecular complexity index is 535. The van der Waals surface area contributed by atoms with Gasteiger partial charge >= 0.3 is 5.69 Å². The predicted octanol–water partition coefficient (Wildman–Crippen LogP) is -1.47. The van der Waals surface area contributed by atoms with Gasteiger partial charge in [0.1, 0.15) is 6.10 Å². The first kappa shape index (κ1) is 13.0. The van der Waals surface area contributed by atoms with Gasteiger partial charge in [-0.15, -0.1) is 0 Å². The van der Waals surface area contributed by atoms with Crippen LogP contribution in [0.3, 0.4) is 0 Å². The molecule has 1 fully saturated rings. The molecule has 2 rings (SSSR count). The van der Waals surface area contributed by atoms with Crippen LogP contribution in [-0.2, 0) is 4.74 Å². The summed E-state index contributed by atoms with van der Waals surface area (Å²) in [6.45, 7) is 1.51. The second-order valence-electron chi connectivity index (χ2n) is 4.49. The van der Waals surface area contributed by atoms with E-state index < -0.39 is 23.5 Å². The van der Waals surface area contributed by atoms with E-state index in [2.05, 4.69) is 4.98 Å². The summed E-state index contributed by atoms with van der Waals surface area (Å²) in [4.78, 5) is 25.1. The average Bonchev–Trinajstić information content (AvgIpc) is 2.82. The molecule has 3 atom stereocenters. The van der Waals surface area contributed by atoms with E-state index in [0.29, 0.717) is 12.0 Å². The average molecular weight is 256 g/mol. The van der Waals surface area contributed by atoms with Crippen molar-refractivity contribution in [3.63, 3.8) is 0 Å². The van der Waals surface area contributed by atoms with Crippen molar-refractivity contribution in [3.05, 3.63) is 32.6 Å². The van der Waals surface area contributed by atoms with Crippen LogP contribution in [-0.4, -0.2) is 45.2 Å². The first-order chi connectivity index (χ1) is 8.52. The van der Waals surface area contributed by atoms with E-state index in [1.54, 1.807) is 6.92 Å². The first-order valence-corrected chi connectivity index (χ1v) is 5.75. The lowest BCUT2D eigenvalue weighted by Gasteiger charge is -2.15. The number of aromatic nitrogens is 2. The van der Waals surface area contributed by atoms with Crippen molar-refractivity contribution >= 4 is 0 Å². The predicted molar refractivity (Wildman–Crippen MR) is 62.5 cm³/mol. The Labute approximate surface area is 103 Å². The van der Waals surface area contributed by atoms with Crippen molar-refractivity contribution in [1.29, 1.82) is 0 Å². The van der Waals surface area contributed by atoms with Gasteiger partial charge in [-0.1, -0.05) is 0 Å². The van der Waals surface area contributed by atoms with Crippen LogP contribution in [0.25, 0.3) is 0 Å². The molecule has 0 saturated carbocycles. The second kappa shape index (κ2) is 5.05. The van der Waals surface area contributed by atoms with Crippen LogP contribution >= 0.6 is 0 Å². The minimum Gasteiger partial charge on any atom is -0.394 e. The number of H-pyrrole nitrogens is 1. The van der Waals surface area contributed by atoms with Crippen LogP contribution in [0.15, 0.2) is 15.8 Å². The van der Waals surface area contributed by atoms with E-state index in [1.807, 2.05) is 0 Å². The highest BCUT2D eigenvalue weighted by Crippen LogP contribution is 2.24. The van der Waals surface area contributed by atoms with Gasteiger partial charge in [-0.05, 0) is 13.3 Å². The highest BCUT2D eigenvalue weighted by atomic mass is 16.5. The molecule has 1 aromatic heterocycles. The number of ether oxygens (including phenoxy) is 1. The van der Waals surface area contributed by atoms with Gasteiger partial charge in [0, 0.05) is 11.8 Å². The summed E-state index contributed by atoms with van der Waals surface area (Å²) in [6.07, 6.45) is 0.476.